The molecular weight excluding hydrogens is 571 g/mol. The Morgan fingerprint density at radius 3 is 2.45 bits per heavy atom. The van der Waals surface area contributed by atoms with Crippen LogP contribution in [0.15, 0.2) is 39.9 Å². The maximum absolute atomic E-state index is 12.7. The standard InChI is InChI=1S/C19H19N5O4S3.C2HF3O2/c1-9-22-23-19(31-9)30-8-11-7-29-17-14(16(26)24(17)15(11)18(27)28)21-13(25)6-10-4-2-3-5-12(10)20;3-2(4,5)1(6)7/h2-5,14,17H,6-8,20H2,1H3,(H,21,25)(H,27,28);(H,6,7)/t14?,17-;/m1./s1. The van der Waals surface area contributed by atoms with Crippen LogP contribution in [0, 0.1) is 6.92 Å². The molecule has 2 aliphatic rings. The van der Waals surface area contributed by atoms with Gasteiger partial charge in [-0.3, -0.25) is 14.5 Å². The lowest BCUT2D eigenvalue weighted by Gasteiger charge is -2.49. The van der Waals surface area contributed by atoms with Crippen molar-refractivity contribution in [3.8, 4) is 0 Å². The second-order valence-corrected chi connectivity index (χ2v) is 11.3. The number of fused-ring (bicyclic) bond motifs is 1. The Bertz CT molecular complexity index is 1290. The van der Waals surface area contributed by atoms with Gasteiger partial charge < -0.3 is 21.3 Å². The SMILES string of the molecule is Cc1nnc(SCC2=C(C(=O)O)N3C(=O)C(NC(=O)Cc4ccccc4N)[C@H]3SC2)s1.O=C(O)C(F)(F)F. The summed E-state index contributed by atoms with van der Waals surface area (Å²) < 4.78 is 32.5. The first-order valence-electron chi connectivity index (χ1n) is 10.5. The quantitative estimate of drug-likeness (QED) is 0.211. The third-order valence-corrected chi connectivity index (χ3v) is 8.49. The average molecular weight is 592 g/mol. The molecule has 4 rings (SSSR count). The number of halogens is 3. The van der Waals surface area contributed by atoms with Gasteiger partial charge in [-0.25, -0.2) is 9.59 Å². The molecule has 204 valence electrons. The fraction of sp³-hybridized carbons (Fsp3) is 0.333. The first kappa shape index (κ1) is 29.2. The van der Waals surface area contributed by atoms with Gasteiger partial charge in [-0.2, -0.15) is 13.2 Å². The van der Waals surface area contributed by atoms with Gasteiger partial charge in [0, 0.05) is 17.2 Å². The molecule has 0 saturated carbocycles. The minimum Gasteiger partial charge on any atom is -0.477 e. The minimum atomic E-state index is -5.08. The number of benzene rings is 1. The van der Waals surface area contributed by atoms with Gasteiger partial charge in [0.15, 0.2) is 4.34 Å². The van der Waals surface area contributed by atoms with Crippen LogP contribution in [0.5, 0.6) is 0 Å². The zero-order chi connectivity index (χ0) is 28.2. The Kier molecular flexibility index (Phi) is 9.26. The van der Waals surface area contributed by atoms with Crippen molar-refractivity contribution in [3.05, 3.63) is 46.1 Å². The summed E-state index contributed by atoms with van der Waals surface area (Å²) in [6.07, 6.45) is -5.03. The molecule has 0 bridgehead atoms. The summed E-state index contributed by atoms with van der Waals surface area (Å²) in [5.41, 5.74) is 7.72. The Labute approximate surface area is 225 Å². The molecule has 11 nitrogen and oxygen atoms in total. The lowest BCUT2D eigenvalue weighted by Crippen LogP contribution is -2.70. The van der Waals surface area contributed by atoms with E-state index in [-0.39, 0.29) is 18.0 Å². The fourth-order valence-corrected chi connectivity index (χ4v) is 6.67. The molecule has 1 unspecified atom stereocenters. The van der Waals surface area contributed by atoms with Crippen molar-refractivity contribution in [2.45, 2.75) is 35.3 Å². The molecule has 1 aromatic carbocycles. The van der Waals surface area contributed by atoms with Crippen LogP contribution in [0.25, 0.3) is 0 Å². The van der Waals surface area contributed by atoms with Crippen molar-refractivity contribution in [3.63, 3.8) is 0 Å². The van der Waals surface area contributed by atoms with Crippen LogP contribution < -0.4 is 11.1 Å². The highest BCUT2D eigenvalue weighted by Gasteiger charge is 2.54. The normalized spacial score (nSPS) is 18.6. The van der Waals surface area contributed by atoms with Gasteiger partial charge >= 0.3 is 18.1 Å². The molecule has 5 N–H and O–H groups in total. The number of rotatable bonds is 7. The maximum Gasteiger partial charge on any atom is 0.490 e. The van der Waals surface area contributed by atoms with Gasteiger partial charge in [-0.1, -0.05) is 41.3 Å². The third-order valence-electron chi connectivity index (χ3n) is 5.09. The van der Waals surface area contributed by atoms with E-state index in [2.05, 4.69) is 15.5 Å². The second-order valence-electron chi connectivity index (χ2n) is 7.77. The number of hydrogen-bond donors (Lipinski definition) is 4. The predicted molar refractivity (Wildman–Crippen MR) is 133 cm³/mol. The third kappa shape index (κ3) is 6.96. The lowest BCUT2D eigenvalue weighted by atomic mass is 10.0. The molecule has 2 amide bonds. The highest BCUT2D eigenvalue weighted by Crippen LogP contribution is 2.41. The van der Waals surface area contributed by atoms with Crippen molar-refractivity contribution in [2.24, 2.45) is 0 Å². The number of hydrogen-bond acceptors (Lipinski definition) is 10. The Balaban J connectivity index is 0.000000505. The van der Waals surface area contributed by atoms with Gasteiger partial charge in [-0.05, 0) is 24.1 Å². The van der Waals surface area contributed by atoms with E-state index in [9.17, 15) is 32.7 Å². The van der Waals surface area contributed by atoms with E-state index in [1.54, 1.807) is 24.3 Å². The number of carboxylic acids is 2. The zero-order valence-electron chi connectivity index (χ0n) is 19.4. The van der Waals surface area contributed by atoms with Crippen LogP contribution in [-0.2, 0) is 25.6 Å². The Hall–Kier alpha value is -3.31. The van der Waals surface area contributed by atoms with E-state index in [4.69, 9.17) is 15.6 Å². The van der Waals surface area contributed by atoms with Gasteiger partial charge in [0.2, 0.25) is 5.91 Å². The number of thioether (sulfide) groups is 2. The number of para-hydroxylation sites is 1. The minimum absolute atomic E-state index is 0.000269. The van der Waals surface area contributed by atoms with Crippen molar-refractivity contribution >= 4 is 64.3 Å². The molecule has 0 radical (unpaired) electrons. The van der Waals surface area contributed by atoms with Gasteiger partial charge in [0.25, 0.3) is 5.91 Å². The van der Waals surface area contributed by atoms with Crippen LogP contribution in [0.2, 0.25) is 0 Å². The second kappa shape index (κ2) is 12.0. The molecular formula is C21H20F3N5O6S3. The highest BCUT2D eigenvalue weighted by molar-refractivity contribution is 8.01. The molecule has 2 aliphatic heterocycles. The number of aryl methyl sites for hydroxylation is 1. The maximum atomic E-state index is 12.7. The summed E-state index contributed by atoms with van der Waals surface area (Å²) in [6, 6.07) is 6.29. The number of carboxylic acid groups (broad SMARTS) is 2. The molecule has 2 aromatic rings. The average Bonchev–Trinajstić information content (AvgIpc) is 3.26. The van der Waals surface area contributed by atoms with Crippen molar-refractivity contribution in [1.29, 1.82) is 0 Å². The molecule has 3 heterocycles. The fourth-order valence-electron chi connectivity index (χ4n) is 3.37. The van der Waals surface area contributed by atoms with Crippen LogP contribution in [-0.4, -0.2) is 78.2 Å². The summed E-state index contributed by atoms with van der Waals surface area (Å²) >= 11 is 4.28. The van der Waals surface area contributed by atoms with Crippen LogP contribution in [0.4, 0.5) is 18.9 Å². The molecule has 0 spiro atoms. The lowest BCUT2D eigenvalue weighted by molar-refractivity contribution is -0.192. The summed E-state index contributed by atoms with van der Waals surface area (Å²) in [7, 11) is 0. The first-order valence-corrected chi connectivity index (χ1v) is 13.4. The molecule has 2 atom stereocenters. The van der Waals surface area contributed by atoms with E-state index in [0.717, 1.165) is 9.35 Å². The van der Waals surface area contributed by atoms with Gasteiger partial charge in [0.1, 0.15) is 22.1 Å². The Morgan fingerprint density at radius 2 is 1.89 bits per heavy atom. The van der Waals surface area contributed by atoms with Gasteiger partial charge in [0.05, 0.1) is 6.42 Å². The molecule has 1 fully saturated rings. The number of aliphatic carboxylic acids is 2. The number of carbonyl (C=O) groups excluding carboxylic acids is 2. The number of nitrogens with one attached hydrogen (secondary N) is 1. The van der Waals surface area contributed by atoms with Crippen LogP contribution in [0.1, 0.15) is 10.6 Å². The Morgan fingerprint density at radius 1 is 1.24 bits per heavy atom. The molecule has 38 heavy (non-hydrogen) atoms. The highest BCUT2D eigenvalue weighted by atomic mass is 32.2. The van der Waals surface area contributed by atoms with E-state index in [0.29, 0.717) is 28.3 Å². The van der Waals surface area contributed by atoms with Crippen LogP contribution in [0.3, 0.4) is 0 Å². The van der Waals surface area contributed by atoms with E-state index < -0.39 is 35.4 Å². The monoisotopic (exact) mass is 591 g/mol. The molecule has 1 aromatic heterocycles. The zero-order valence-corrected chi connectivity index (χ0v) is 21.8. The number of amides is 2. The van der Waals surface area contributed by atoms with E-state index >= 15 is 0 Å². The number of β-lactam (4-membered cyclic amide) rings is 1. The number of nitrogen functional groups attached to an aromatic ring is 1. The summed E-state index contributed by atoms with van der Waals surface area (Å²) in [5, 5.41) is 28.0. The molecule has 0 aliphatic carbocycles. The number of aromatic nitrogens is 2. The number of nitrogens with two attached hydrogens (primary N) is 1. The number of anilines is 1. The van der Waals surface area contributed by atoms with Crippen molar-refractivity contribution in [2.75, 3.05) is 17.2 Å². The number of carbonyl (C=O) groups is 4. The van der Waals surface area contributed by atoms with Crippen molar-refractivity contribution < 1.29 is 42.6 Å². The summed E-state index contributed by atoms with van der Waals surface area (Å²) in [4.78, 5) is 47.3. The summed E-state index contributed by atoms with van der Waals surface area (Å²) in [6.45, 7) is 1.85. The molecule has 1 saturated heterocycles. The summed E-state index contributed by atoms with van der Waals surface area (Å²) in [5.74, 6) is -3.79. The van der Waals surface area contributed by atoms with Crippen molar-refractivity contribution in [1.82, 2.24) is 20.4 Å². The number of nitrogens with zero attached hydrogens (tertiary/aromatic N) is 3. The van der Waals surface area contributed by atoms with E-state index in [1.165, 1.54) is 39.8 Å². The van der Waals surface area contributed by atoms with Crippen LogP contribution >= 0.6 is 34.9 Å². The van der Waals surface area contributed by atoms with Gasteiger partial charge in [-0.15, -0.1) is 22.0 Å². The predicted octanol–water partition coefficient (Wildman–Crippen LogP) is 2.14. The molecule has 17 heteroatoms. The smallest absolute Gasteiger partial charge is 0.477 e. The topological polar surface area (TPSA) is 176 Å². The first-order chi connectivity index (χ1) is 17.8. The van der Waals surface area contributed by atoms with E-state index in [1.807, 2.05) is 6.92 Å². The number of alkyl halides is 3. The largest absolute Gasteiger partial charge is 0.490 e.